The molecule has 0 saturated carbocycles. The minimum atomic E-state index is -0.659. The van der Waals surface area contributed by atoms with Gasteiger partial charge in [0.1, 0.15) is 5.60 Å². The Balaban J connectivity index is 1.65. The lowest BCUT2D eigenvalue weighted by Gasteiger charge is -2.19. The lowest BCUT2D eigenvalue weighted by Crippen LogP contribution is -2.27. The summed E-state index contributed by atoms with van der Waals surface area (Å²) in [5.74, 6) is -0.949. The second kappa shape index (κ2) is 8.41. The number of amides is 1. The van der Waals surface area contributed by atoms with Crippen molar-refractivity contribution in [2.75, 3.05) is 11.9 Å². The quantitative estimate of drug-likeness (QED) is 0.464. The van der Waals surface area contributed by atoms with Crippen molar-refractivity contribution in [2.45, 2.75) is 33.3 Å². The summed E-state index contributed by atoms with van der Waals surface area (Å²) in [4.78, 5) is 40.1. The molecule has 1 heterocycles. The zero-order valence-corrected chi connectivity index (χ0v) is 17.4. The van der Waals surface area contributed by atoms with Gasteiger partial charge in [0.25, 0.3) is 0 Å². The molecule has 0 unspecified atom stereocenters. The highest BCUT2D eigenvalue weighted by Gasteiger charge is 2.19. The molecule has 156 valence electrons. The number of rotatable bonds is 5. The van der Waals surface area contributed by atoms with E-state index >= 15 is 0 Å². The minimum Gasteiger partial charge on any atom is -0.454 e. The van der Waals surface area contributed by atoms with E-state index in [1.807, 2.05) is 24.3 Å². The van der Waals surface area contributed by atoms with Crippen LogP contribution in [0.25, 0.3) is 10.9 Å². The molecule has 0 spiro atoms. The molecule has 3 aromatic rings. The zero-order valence-electron chi connectivity index (χ0n) is 17.4. The average Bonchev–Trinajstić information content (AvgIpc) is 3.00. The smallest absolute Gasteiger partial charge is 0.412 e. The van der Waals surface area contributed by atoms with Crippen molar-refractivity contribution in [3.8, 4) is 0 Å². The number of aromatic nitrogens is 1. The molecule has 0 saturated heterocycles. The van der Waals surface area contributed by atoms with Crippen molar-refractivity contribution < 1.29 is 23.9 Å². The fourth-order valence-electron chi connectivity index (χ4n) is 3.07. The van der Waals surface area contributed by atoms with Crippen molar-refractivity contribution in [1.82, 2.24) is 4.98 Å². The number of ether oxygens (including phenoxy) is 2. The average molecular weight is 408 g/mol. The third-order valence-electron chi connectivity index (χ3n) is 4.25. The number of aromatic amines is 1. The van der Waals surface area contributed by atoms with Crippen molar-refractivity contribution >= 4 is 34.4 Å². The van der Waals surface area contributed by atoms with Gasteiger partial charge in [-0.2, -0.15) is 0 Å². The lowest BCUT2D eigenvalue weighted by molar-refractivity contribution is 0.0474. The summed E-state index contributed by atoms with van der Waals surface area (Å²) in [6.45, 7) is 6.69. The van der Waals surface area contributed by atoms with Crippen molar-refractivity contribution in [1.29, 1.82) is 0 Å². The van der Waals surface area contributed by atoms with Gasteiger partial charge in [-0.25, -0.2) is 9.59 Å². The van der Waals surface area contributed by atoms with Crippen LogP contribution >= 0.6 is 0 Å². The van der Waals surface area contributed by atoms with E-state index in [1.54, 1.807) is 45.9 Å². The number of anilines is 1. The van der Waals surface area contributed by atoms with E-state index in [9.17, 15) is 14.4 Å². The molecule has 2 N–H and O–H groups in total. The summed E-state index contributed by atoms with van der Waals surface area (Å²) in [7, 11) is 0. The topological polar surface area (TPSA) is 97.5 Å². The van der Waals surface area contributed by atoms with E-state index < -0.39 is 17.7 Å². The number of hydrogen-bond donors (Lipinski definition) is 2. The van der Waals surface area contributed by atoms with Crippen molar-refractivity contribution in [3.05, 3.63) is 65.4 Å². The standard InChI is InChI=1S/C23H24N2O5/c1-14-20(17-10-5-6-11-18(17)24-14)19(26)13-29-21(27)15-8-7-9-16(12-15)25-22(28)30-23(2,3)4/h5-12,24H,13H2,1-4H3,(H,25,28). The number of fused-ring (bicyclic) bond motifs is 1. The number of carbonyl (C=O) groups is 3. The molecule has 0 aliphatic heterocycles. The number of benzene rings is 2. The summed E-state index contributed by atoms with van der Waals surface area (Å²) in [6, 6.07) is 13.7. The molecule has 0 fully saturated rings. The molecule has 1 aromatic heterocycles. The molecular formula is C23H24N2O5. The summed E-state index contributed by atoms with van der Waals surface area (Å²) in [6.07, 6.45) is -0.627. The first-order chi connectivity index (χ1) is 14.1. The van der Waals surface area contributed by atoms with Crippen molar-refractivity contribution in [3.63, 3.8) is 0 Å². The van der Waals surface area contributed by atoms with Crippen LogP contribution in [0.3, 0.4) is 0 Å². The second-order valence-electron chi connectivity index (χ2n) is 7.88. The maximum atomic E-state index is 12.7. The van der Waals surface area contributed by atoms with Crippen LogP contribution < -0.4 is 5.32 Å². The van der Waals surface area contributed by atoms with Crippen LogP contribution in [0.1, 0.15) is 47.2 Å². The number of H-pyrrole nitrogens is 1. The maximum absolute atomic E-state index is 12.7. The number of hydrogen-bond acceptors (Lipinski definition) is 5. The number of Topliss-reactive ketones (excluding diaryl/α,β-unsaturated/α-hetero) is 1. The molecule has 0 aliphatic carbocycles. The largest absolute Gasteiger partial charge is 0.454 e. The molecule has 0 aliphatic rings. The van der Waals surface area contributed by atoms with E-state index in [-0.39, 0.29) is 18.0 Å². The van der Waals surface area contributed by atoms with Gasteiger partial charge >= 0.3 is 12.1 Å². The SMILES string of the molecule is Cc1[nH]c2ccccc2c1C(=O)COC(=O)c1cccc(NC(=O)OC(C)(C)C)c1. The Bertz CT molecular complexity index is 1110. The first kappa shape index (κ1) is 21.1. The Labute approximate surface area is 174 Å². The number of para-hydroxylation sites is 1. The Morgan fingerprint density at radius 1 is 1.03 bits per heavy atom. The number of carbonyl (C=O) groups excluding carboxylic acids is 3. The summed E-state index contributed by atoms with van der Waals surface area (Å²) < 4.78 is 10.4. The fourth-order valence-corrected chi connectivity index (χ4v) is 3.07. The summed E-state index contributed by atoms with van der Waals surface area (Å²) in [5.41, 5.74) is 2.05. The highest BCUT2D eigenvalue weighted by Crippen LogP contribution is 2.22. The monoisotopic (exact) mass is 408 g/mol. The number of esters is 1. The van der Waals surface area contributed by atoms with E-state index in [1.165, 1.54) is 6.07 Å². The Morgan fingerprint density at radius 2 is 1.77 bits per heavy atom. The Hall–Kier alpha value is -3.61. The molecule has 30 heavy (non-hydrogen) atoms. The molecule has 0 radical (unpaired) electrons. The molecule has 3 rings (SSSR count). The van der Waals surface area contributed by atoms with Gasteiger partial charge < -0.3 is 14.5 Å². The van der Waals surface area contributed by atoms with E-state index in [4.69, 9.17) is 9.47 Å². The van der Waals surface area contributed by atoms with Gasteiger partial charge in [-0.05, 0) is 52.0 Å². The molecule has 0 atom stereocenters. The van der Waals surface area contributed by atoms with Crippen LogP contribution in [-0.4, -0.2) is 35.0 Å². The molecule has 1 amide bonds. The Morgan fingerprint density at radius 3 is 2.50 bits per heavy atom. The lowest BCUT2D eigenvalue weighted by atomic mass is 10.1. The third-order valence-corrected chi connectivity index (χ3v) is 4.25. The van der Waals surface area contributed by atoms with Gasteiger partial charge in [-0.1, -0.05) is 24.3 Å². The van der Waals surface area contributed by atoms with E-state index in [0.717, 1.165) is 16.6 Å². The minimum absolute atomic E-state index is 0.215. The normalized spacial score (nSPS) is 11.2. The van der Waals surface area contributed by atoms with Crippen molar-refractivity contribution in [2.24, 2.45) is 0 Å². The van der Waals surface area contributed by atoms with Crippen LogP contribution in [0.4, 0.5) is 10.5 Å². The fraction of sp³-hybridized carbons (Fsp3) is 0.261. The first-order valence-corrected chi connectivity index (χ1v) is 9.52. The van der Waals surface area contributed by atoms with Gasteiger partial charge in [0.2, 0.25) is 5.78 Å². The second-order valence-corrected chi connectivity index (χ2v) is 7.88. The highest BCUT2D eigenvalue weighted by molar-refractivity contribution is 6.10. The first-order valence-electron chi connectivity index (χ1n) is 9.52. The highest BCUT2D eigenvalue weighted by atomic mass is 16.6. The molecule has 2 aromatic carbocycles. The molecular weight excluding hydrogens is 384 g/mol. The van der Waals surface area contributed by atoms with Crippen LogP contribution in [0.2, 0.25) is 0 Å². The summed E-state index contributed by atoms with van der Waals surface area (Å²) in [5, 5.41) is 3.36. The molecule has 0 bridgehead atoms. The predicted octanol–water partition coefficient (Wildman–Crippen LogP) is 4.86. The van der Waals surface area contributed by atoms with E-state index in [0.29, 0.717) is 11.3 Å². The number of aryl methyl sites for hydroxylation is 1. The Kier molecular flexibility index (Phi) is 5.91. The third kappa shape index (κ3) is 5.05. The molecule has 7 nitrogen and oxygen atoms in total. The van der Waals surface area contributed by atoms with Crippen LogP contribution in [0.15, 0.2) is 48.5 Å². The maximum Gasteiger partial charge on any atom is 0.412 e. The van der Waals surface area contributed by atoms with E-state index in [2.05, 4.69) is 10.3 Å². The van der Waals surface area contributed by atoms with Gasteiger partial charge in [-0.15, -0.1) is 0 Å². The zero-order chi connectivity index (χ0) is 21.9. The number of ketones is 1. The van der Waals surface area contributed by atoms with Gasteiger partial charge in [0, 0.05) is 27.8 Å². The van der Waals surface area contributed by atoms with Crippen LogP contribution in [0, 0.1) is 6.92 Å². The molecule has 7 heteroatoms. The number of nitrogens with one attached hydrogen (secondary N) is 2. The van der Waals surface area contributed by atoms with Gasteiger partial charge in [0.15, 0.2) is 6.61 Å². The predicted molar refractivity (Wildman–Crippen MR) is 114 cm³/mol. The van der Waals surface area contributed by atoms with Gasteiger partial charge in [0.05, 0.1) is 5.56 Å². The van der Waals surface area contributed by atoms with Crippen LogP contribution in [0.5, 0.6) is 0 Å². The van der Waals surface area contributed by atoms with Crippen LogP contribution in [-0.2, 0) is 9.47 Å². The van der Waals surface area contributed by atoms with Gasteiger partial charge in [-0.3, -0.25) is 10.1 Å². The summed E-state index contributed by atoms with van der Waals surface area (Å²) >= 11 is 0.